The van der Waals surface area contributed by atoms with Gasteiger partial charge in [-0.05, 0) is 7.05 Å². The summed E-state index contributed by atoms with van der Waals surface area (Å²) in [7, 11) is 1.89. The van der Waals surface area contributed by atoms with Gasteiger partial charge in [-0.2, -0.15) is 0 Å². The SMILES string of the molecule is CNCCN1CCN(c2c(F)cc(F)cc2F)CC1. The lowest BCUT2D eigenvalue weighted by Crippen LogP contribution is -2.48. The lowest BCUT2D eigenvalue weighted by molar-refractivity contribution is 0.258. The van der Waals surface area contributed by atoms with E-state index in [-0.39, 0.29) is 5.69 Å². The summed E-state index contributed by atoms with van der Waals surface area (Å²) in [6.07, 6.45) is 0. The largest absolute Gasteiger partial charge is 0.364 e. The van der Waals surface area contributed by atoms with Crippen LogP contribution in [0, 0.1) is 17.5 Å². The van der Waals surface area contributed by atoms with Gasteiger partial charge in [-0.3, -0.25) is 4.90 Å². The highest BCUT2D eigenvalue weighted by Crippen LogP contribution is 2.25. The maximum atomic E-state index is 13.7. The van der Waals surface area contributed by atoms with E-state index in [4.69, 9.17) is 0 Å². The molecule has 1 aliphatic rings. The Labute approximate surface area is 111 Å². The molecular formula is C13H18F3N3. The molecule has 1 aliphatic heterocycles. The van der Waals surface area contributed by atoms with Crippen LogP contribution in [-0.2, 0) is 0 Å². The zero-order valence-electron chi connectivity index (χ0n) is 10.9. The molecule has 3 nitrogen and oxygen atoms in total. The smallest absolute Gasteiger partial charge is 0.152 e. The first kappa shape index (κ1) is 14.1. The maximum Gasteiger partial charge on any atom is 0.152 e. The van der Waals surface area contributed by atoms with Crippen LogP contribution in [0.5, 0.6) is 0 Å². The van der Waals surface area contributed by atoms with E-state index in [1.54, 1.807) is 4.90 Å². The molecule has 1 N–H and O–H groups in total. The Balaban J connectivity index is 2.02. The molecule has 0 atom stereocenters. The van der Waals surface area contributed by atoms with Crippen LogP contribution in [0.4, 0.5) is 18.9 Å². The molecule has 1 saturated heterocycles. The minimum Gasteiger partial charge on any atom is -0.364 e. The minimum absolute atomic E-state index is 0.116. The van der Waals surface area contributed by atoms with Gasteiger partial charge in [0.1, 0.15) is 11.5 Å². The Morgan fingerprint density at radius 3 is 2.16 bits per heavy atom. The van der Waals surface area contributed by atoms with E-state index in [0.29, 0.717) is 13.1 Å². The van der Waals surface area contributed by atoms with Crippen molar-refractivity contribution in [3.05, 3.63) is 29.6 Å². The van der Waals surface area contributed by atoms with Crippen LogP contribution in [0.2, 0.25) is 0 Å². The first-order valence-electron chi connectivity index (χ1n) is 6.38. The molecule has 1 aromatic carbocycles. The maximum absolute atomic E-state index is 13.7. The molecule has 0 saturated carbocycles. The van der Waals surface area contributed by atoms with Gasteiger partial charge >= 0.3 is 0 Å². The van der Waals surface area contributed by atoms with E-state index in [1.807, 2.05) is 7.05 Å². The summed E-state index contributed by atoms with van der Waals surface area (Å²) >= 11 is 0. The number of likely N-dealkylation sites (N-methyl/N-ethyl adjacent to an activating group) is 1. The zero-order valence-corrected chi connectivity index (χ0v) is 10.9. The molecule has 1 fully saturated rings. The summed E-state index contributed by atoms with van der Waals surface area (Å²) in [6, 6.07) is 1.46. The normalized spacial score (nSPS) is 16.9. The molecule has 0 aromatic heterocycles. The van der Waals surface area contributed by atoms with Crippen LogP contribution in [0.1, 0.15) is 0 Å². The number of nitrogens with one attached hydrogen (secondary N) is 1. The number of rotatable bonds is 4. The van der Waals surface area contributed by atoms with Gasteiger partial charge in [0.15, 0.2) is 11.6 Å². The Kier molecular flexibility index (Phi) is 4.66. The van der Waals surface area contributed by atoms with Crippen LogP contribution in [0.3, 0.4) is 0 Å². The lowest BCUT2D eigenvalue weighted by Gasteiger charge is -2.36. The van der Waals surface area contributed by atoms with Gasteiger partial charge in [-0.1, -0.05) is 0 Å². The Morgan fingerprint density at radius 2 is 1.63 bits per heavy atom. The van der Waals surface area contributed by atoms with E-state index >= 15 is 0 Å². The van der Waals surface area contributed by atoms with Gasteiger partial charge in [0.25, 0.3) is 0 Å². The van der Waals surface area contributed by atoms with Crippen LogP contribution in [0.25, 0.3) is 0 Å². The van der Waals surface area contributed by atoms with Crippen LogP contribution < -0.4 is 10.2 Å². The molecule has 19 heavy (non-hydrogen) atoms. The predicted molar refractivity (Wildman–Crippen MR) is 68.9 cm³/mol. The van der Waals surface area contributed by atoms with Gasteiger partial charge in [0.05, 0.1) is 0 Å². The van der Waals surface area contributed by atoms with Crippen molar-refractivity contribution in [1.82, 2.24) is 10.2 Å². The number of nitrogens with zero attached hydrogens (tertiary/aromatic N) is 2. The number of piperazine rings is 1. The quantitative estimate of drug-likeness (QED) is 0.895. The number of halogens is 3. The average molecular weight is 273 g/mol. The Hall–Kier alpha value is -1.27. The number of hydrogen-bond donors (Lipinski definition) is 1. The fourth-order valence-electron chi connectivity index (χ4n) is 2.30. The van der Waals surface area contributed by atoms with Gasteiger partial charge < -0.3 is 10.2 Å². The predicted octanol–water partition coefficient (Wildman–Crippen LogP) is 1.45. The third-order valence-corrected chi connectivity index (χ3v) is 3.35. The van der Waals surface area contributed by atoms with E-state index in [2.05, 4.69) is 10.2 Å². The third-order valence-electron chi connectivity index (χ3n) is 3.35. The fourth-order valence-corrected chi connectivity index (χ4v) is 2.30. The molecule has 106 valence electrons. The van der Waals surface area contributed by atoms with Crippen molar-refractivity contribution in [3.63, 3.8) is 0 Å². The van der Waals surface area contributed by atoms with Crippen molar-refractivity contribution in [2.24, 2.45) is 0 Å². The Morgan fingerprint density at radius 1 is 1.05 bits per heavy atom. The van der Waals surface area contributed by atoms with E-state index < -0.39 is 17.5 Å². The van der Waals surface area contributed by atoms with Gasteiger partial charge in [-0.15, -0.1) is 0 Å². The number of benzene rings is 1. The zero-order chi connectivity index (χ0) is 13.8. The molecule has 0 radical (unpaired) electrons. The summed E-state index contributed by atoms with van der Waals surface area (Å²) in [5.41, 5.74) is -0.116. The highest BCUT2D eigenvalue weighted by molar-refractivity contribution is 5.49. The summed E-state index contributed by atoms with van der Waals surface area (Å²) in [5.74, 6) is -2.55. The van der Waals surface area contributed by atoms with Crippen molar-refractivity contribution in [2.45, 2.75) is 0 Å². The second-order valence-electron chi connectivity index (χ2n) is 4.65. The first-order valence-corrected chi connectivity index (χ1v) is 6.38. The summed E-state index contributed by atoms with van der Waals surface area (Å²) < 4.78 is 40.2. The monoisotopic (exact) mass is 273 g/mol. The summed E-state index contributed by atoms with van der Waals surface area (Å²) in [4.78, 5) is 3.87. The van der Waals surface area contributed by atoms with Crippen molar-refractivity contribution >= 4 is 5.69 Å². The topological polar surface area (TPSA) is 18.5 Å². The standard InChI is InChI=1S/C13H18F3N3/c1-17-2-3-18-4-6-19(7-5-18)13-11(15)8-10(14)9-12(13)16/h8-9,17H,2-7H2,1H3. The van der Waals surface area contributed by atoms with Crippen molar-refractivity contribution < 1.29 is 13.2 Å². The third kappa shape index (κ3) is 3.39. The fraction of sp³-hybridized carbons (Fsp3) is 0.538. The van der Waals surface area contributed by atoms with Crippen LogP contribution in [-0.4, -0.2) is 51.2 Å². The highest BCUT2D eigenvalue weighted by Gasteiger charge is 2.22. The number of anilines is 1. The molecule has 2 rings (SSSR count). The molecule has 1 heterocycles. The van der Waals surface area contributed by atoms with Crippen molar-refractivity contribution in [1.29, 1.82) is 0 Å². The number of hydrogen-bond acceptors (Lipinski definition) is 3. The van der Waals surface area contributed by atoms with Crippen LogP contribution in [0.15, 0.2) is 12.1 Å². The lowest BCUT2D eigenvalue weighted by atomic mass is 10.2. The van der Waals surface area contributed by atoms with Gasteiger partial charge in [0.2, 0.25) is 0 Å². The summed E-state index contributed by atoms with van der Waals surface area (Å²) in [6.45, 7) is 4.39. The summed E-state index contributed by atoms with van der Waals surface area (Å²) in [5, 5.41) is 3.07. The highest BCUT2D eigenvalue weighted by atomic mass is 19.1. The molecule has 6 heteroatoms. The van der Waals surface area contributed by atoms with Gasteiger partial charge in [-0.25, -0.2) is 13.2 Å². The second kappa shape index (κ2) is 6.25. The first-order chi connectivity index (χ1) is 9.11. The van der Waals surface area contributed by atoms with Crippen molar-refractivity contribution in [3.8, 4) is 0 Å². The average Bonchev–Trinajstić information content (AvgIpc) is 2.36. The molecule has 1 aromatic rings. The van der Waals surface area contributed by atoms with Crippen molar-refractivity contribution in [2.75, 3.05) is 51.2 Å². The second-order valence-corrected chi connectivity index (χ2v) is 4.65. The minimum atomic E-state index is -0.883. The Bertz CT molecular complexity index is 408. The van der Waals surface area contributed by atoms with Crippen LogP contribution >= 0.6 is 0 Å². The molecule has 0 spiro atoms. The van der Waals surface area contributed by atoms with E-state index in [9.17, 15) is 13.2 Å². The van der Waals surface area contributed by atoms with Gasteiger partial charge in [0, 0.05) is 51.4 Å². The molecule has 0 aliphatic carbocycles. The molecular weight excluding hydrogens is 255 g/mol. The molecule has 0 unspecified atom stereocenters. The molecule has 0 bridgehead atoms. The molecule has 0 amide bonds. The van der Waals surface area contributed by atoms with E-state index in [0.717, 1.165) is 38.3 Å². The van der Waals surface area contributed by atoms with E-state index in [1.165, 1.54) is 0 Å².